The highest BCUT2D eigenvalue weighted by Gasteiger charge is 2.29. The molecule has 0 aromatic heterocycles. The smallest absolute Gasteiger partial charge is 0.314 e. The van der Waals surface area contributed by atoms with E-state index in [2.05, 4.69) is 0 Å². The summed E-state index contributed by atoms with van der Waals surface area (Å²) in [6.45, 7) is 2.79. The van der Waals surface area contributed by atoms with Crippen LogP contribution in [0.1, 0.15) is 31.7 Å². The van der Waals surface area contributed by atoms with Crippen LogP contribution in [0, 0.1) is 11.7 Å². The second-order valence-corrected chi connectivity index (χ2v) is 6.39. The van der Waals surface area contributed by atoms with Crippen LogP contribution in [0.15, 0.2) is 48.5 Å². The third kappa shape index (κ3) is 4.61. The van der Waals surface area contributed by atoms with Crippen LogP contribution in [0.4, 0.5) is 4.39 Å². The Bertz CT molecular complexity index is 732. The molecule has 0 saturated carbocycles. The van der Waals surface area contributed by atoms with Crippen molar-refractivity contribution in [2.45, 2.75) is 38.9 Å². The van der Waals surface area contributed by atoms with E-state index in [1.807, 2.05) is 37.3 Å². The average Bonchev–Trinajstić information content (AvgIpc) is 2.69. The van der Waals surface area contributed by atoms with Gasteiger partial charge in [-0.3, -0.25) is 4.79 Å². The Hall–Kier alpha value is -2.40. The van der Waals surface area contributed by atoms with E-state index in [9.17, 15) is 9.18 Å². The Morgan fingerprint density at radius 2 is 1.92 bits per heavy atom. The maximum absolute atomic E-state index is 14.6. The molecule has 0 aliphatic carbocycles. The molecule has 0 unspecified atom stereocenters. The Balaban J connectivity index is 1.64. The highest BCUT2D eigenvalue weighted by Crippen LogP contribution is 2.29. The fourth-order valence-corrected chi connectivity index (χ4v) is 2.99. The monoisotopic (exact) mass is 358 g/mol. The number of hydrogen-bond donors (Lipinski definition) is 0. The summed E-state index contributed by atoms with van der Waals surface area (Å²) < 4.78 is 31.1. The van der Waals surface area contributed by atoms with Crippen LogP contribution in [0.5, 0.6) is 11.5 Å². The number of esters is 1. The van der Waals surface area contributed by atoms with Gasteiger partial charge in [-0.2, -0.15) is 4.39 Å². The zero-order valence-corrected chi connectivity index (χ0v) is 14.8. The van der Waals surface area contributed by atoms with Crippen molar-refractivity contribution in [1.82, 2.24) is 0 Å². The lowest BCUT2D eigenvalue weighted by Crippen LogP contribution is -2.32. The van der Waals surface area contributed by atoms with Gasteiger partial charge < -0.3 is 14.2 Å². The number of carbonyl (C=O) groups excluding carboxylic acids is 1. The molecule has 2 atom stereocenters. The molecule has 0 radical (unpaired) electrons. The minimum absolute atomic E-state index is 0.0617. The Morgan fingerprint density at radius 1 is 1.15 bits per heavy atom. The molecule has 0 bridgehead atoms. The maximum atomic E-state index is 14.6. The van der Waals surface area contributed by atoms with Crippen LogP contribution in [0.25, 0.3) is 0 Å². The van der Waals surface area contributed by atoms with Crippen molar-refractivity contribution < 1.29 is 23.4 Å². The molecule has 3 rings (SSSR count). The topological polar surface area (TPSA) is 44.8 Å². The average molecular weight is 358 g/mol. The van der Waals surface area contributed by atoms with Crippen molar-refractivity contribution in [3.8, 4) is 11.5 Å². The van der Waals surface area contributed by atoms with E-state index in [1.165, 1.54) is 12.1 Å². The molecule has 1 aliphatic heterocycles. The van der Waals surface area contributed by atoms with Crippen molar-refractivity contribution in [1.29, 1.82) is 0 Å². The summed E-state index contributed by atoms with van der Waals surface area (Å²) >= 11 is 0. The summed E-state index contributed by atoms with van der Waals surface area (Å²) in [5.74, 6) is -1.36. The first-order chi connectivity index (χ1) is 12.7. The lowest BCUT2D eigenvalue weighted by atomic mass is 9.94. The first kappa shape index (κ1) is 18.4. The van der Waals surface area contributed by atoms with Crippen molar-refractivity contribution in [3.63, 3.8) is 0 Å². The van der Waals surface area contributed by atoms with E-state index in [0.717, 1.165) is 12.0 Å². The lowest BCUT2D eigenvalue weighted by molar-refractivity contribution is -0.144. The summed E-state index contributed by atoms with van der Waals surface area (Å²) in [5, 5.41) is 0. The zero-order chi connectivity index (χ0) is 18.4. The van der Waals surface area contributed by atoms with Crippen LogP contribution in [-0.2, 0) is 16.1 Å². The van der Waals surface area contributed by atoms with Gasteiger partial charge in [0.1, 0.15) is 6.61 Å². The van der Waals surface area contributed by atoms with Gasteiger partial charge in [0.15, 0.2) is 11.5 Å². The van der Waals surface area contributed by atoms with Crippen LogP contribution in [-0.4, -0.2) is 18.7 Å². The first-order valence-corrected chi connectivity index (χ1v) is 8.96. The van der Waals surface area contributed by atoms with Crippen LogP contribution >= 0.6 is 0 Å². The minimum Gasteiger partial charge on any atom is -0.486 e. The van der Waals surface area contributed by atoms with Gasteiger partial charge in [-0.05, 0) is 37.0 Å². The molecular formula is C21H23FO4. The van der Waals surface area contributed by atoms with Gasteiger partial charge in [-0.25, -0.2) is 0 Å². The molecule has 4 nitrogen and oxygen atoms in total. The summed E-state index contributed by atoms with van der Waals surface area (Å²) in [5.41, 5.74) is 0.933. The summed E-state index contributed by atoms with van der Waals surface area (Å²) in [6.07, 6.45) is 2.12. The molecule has 0 spiro atoms. The van der Waals surface area contributed by atoms with E-state index in [0.29, 0.717) is 19.4 Å². The highest BCUT2D eigenvalue weighted by molar-refractivity contribution is 5.75. The van der Waals surface area contributed by atoms with E-state index in [1.54, 1.807) is 6.07 Å². The second-order valence-electron chi connectivity index (χ2n) is 6.39. The fourth-order valence-electron chi connectivity index (χ4n) is 2.99. The molecule has 138 valence electrons. The molecule has 1 fully saturated rings. The Labute approximate surface area is 152 Å². The Kier molecular flexibility index (Phi) is 6.23. The van der Waals surface area contributed by atoms with E-state index >= 15 is 0 Å². The van der Waals surface area contributed by atoms with Gasteiger partial charge in [-0.15, -0.1) is 0 Å². The van der Waals surface area contributed by atoms with E-state index in [-0.39, 0.29) is 30.1 Å². The van der Waals surface area contributed by atoms with Gasteiger partial charge in [-0.1, -0.05) is 43.3 Å². The van der Waals surface area contributed by atoms with Crippen molar-refractivity contribution in [2.24, 2.45) is 5.92 Å². The molecule has 1 aliphatic rings. The number of benzene rings is 2. The third-order valence-electron chi connectivity index (χ3n) is 4.53. The standard InChI is InChI=1S/C21H23FO4/c1-2-17-13-16(11-12-24-17)21(23)26-19-10-6-9-18(20(19)22)25-14-15-7-4-3-5-8-15/h3-10,16-17H,2,11-14H2,1H3/t16-,17-/m0/s1. The van der Waals surface area contributed by atoms with E-state index in [4.69, 9.17) is 14.2 Å². The number of hydrogen-bond acceptors (Lipinski definition) is 4. The number of rotatable bonds is 6. The van der Waals surface area contributed by atoms with Crippen LogP contribution in [0.3, 0.4) is 0 Å². The molecule has 5 heteroatoms. The molecule has 2 aromatic carbocycles. The van der Waals surface area contributed by atoms with Crippen LogP contribution < -0.4 is 9.47 Å². The predicted molar refractivity (Wildman–Crippen MR) is 95.6 cm³/mol. The molecule has 0 amide bonds. The summed E-state index contributed by atoms with van der Waals surface area (Å²) in [7, 11) is 0. The quantitative estimate of drug-likeness (QED) is 0.563. The Morgan fingerprint density at radius 3 is 2.69 bits per heavy atom. The maximum Gasteiger partial charge on any atom is 0.314 e. The second kappa shape index (κ2) is 8.81. The SMILES string of the molecule is CC[C@H]1C[C@@H](C(=O)Oc2cccc(OCc3ccccc3)c2F)CCO1. The van der Waals surface area contributed by atoms with Gasteiger partial charge in [0.05, 0.1) is 12.0 Å². The van der Waals surface area contributed by atoms with Gasteiger partial charge >= 0.3 is 5.97 Å². The molecule has 0 N–H and O–H groups in total. The minimum atomic E-state index is -0.657. The molecular weight excluding hydrogens is 335 g/mol. The molecule has 26 heavy (non-hydrogen) atoms. The van der Waals surface area contributed by atoms with Crippen LogP contribution in [0.2, 0.25) is 0 Å². The molecule has 1 heterocycles. The lowest BCUT2D eigenvalue weighted by Gasteiger charge is -2.27. The van der Waals surface area contributed by atoms with Gasteiger partial charge in [0, 0.05) is 6.61 Å². The van der Waals surface area contributed by atoms with Crippen molar-refractivity contribution in [3.05, 3.63) is 59.9 Å². The zero-order valence-electron chi connectivity index (χ0n) is 14.8. The fraction of sp³-hybridized carbons (Fsp3) is 0.381. The normalized spacial score (nSPS) is 19.8. The first-order valence-electron chi connectivity index (χ1n) is 8.96. The largest absolute Gasteiger partial charge is 0.486 e. The van der Waals surface area contributed by atoms with Gasteiger partial charge in [0.25, 0.3) is 0 Å². The third-order valence-corrected chi connectivity index (χ3v) is 4.53. The van der Waals surface area contributed by atoms with E-state index < -0.39 is 11.8 Å². The number of ether oxygens (including phenoxy) is 3. The predicted octanol–water partition coefficient (Wildman–Crippen LogP) is 4.52. The summed E-state index contributed by atoms with van der Waals surface area (Å²) in [6, 6.07) is 14.1. The van der Waals surface area contributed by atoms with Gasteiger partial charge in [0.2, 0.25) is 5.82 Å². The summed E-state index contributed by atoms with van der Waals surface area (Å²) in [4.78, 5) is 12.4. The molecule has 2 aromatic rings. The molecule has 1 saturated heterocycles. The highest BCUT2D eigenvalue weighted by atomic mass is 19.1. The number of carbonyl (C=O) groups is 1. The van der Waals surface area contributed by atoms with Crippen molar-refractivity contribution in [2.75, 3.05) is 6.61 Å². The van der Waals surface area contributed by atoms with Crippen molar-refractivity contribution >= 4 is 5.97 Å². The number of halogens is 1.